The Hall–Kier alpha value is -2.31. The fraction of sp³-hybridized carbons (Fsp3) is 0.176. The van der Waals surface area contributed by atoms with E-state index in [9.17, 15) is 4.79 Å². The van der Waals surface area contributed by atoms with E-state index in [0.717, 1.165) is 33.2 Å². The molecule has 0 radical (unpaired) electrons. The zero-order valence-corrected chi connectivity index (χ0v) is 13.6. The van der Waals surface area contributed by atoms with Crippen molar-refractivity contribution >= 4 is 34.4 Å². The largest absolute Gasteiger partial charge is 0.333 e. The fourth-order valence-corrected chi connectivity index (χ4v) is 3.16. The van der Waals surface area contributed by atoms with Crippen LogP contribution in [0.25, 0.3) is 11.0 Å². The van der Waals surface area contributed by atoms with Gasteiger partial charge in [-0.05, 0) is 30.8 Å². The number of nitrogens with one attached hydrogen (secondary N) is 3. The summed E-state index contributed by atoms with van der Waals surface area (Å²) < 4.78 is 0. The van der Waals surface area contributed by atoms with E-state index < -0.39 is 0 Å². The lowest BCUT2D eigenvalue weighted by Gasteiger charge is -2.10. The third-order valence-electron chi connectivity index (χ3n) is 3.36. The molecule has 0 saturated carbocycles. The predicted molar refractivity (Wildman–Crippen MR) is 94.7 cm³/mol. The van der Waals surface area contributed by atoms with Crippen LogP contribution in [0, 0.1) is 0 Å². The molecule has 3 aromatic rings. The maximum Gasteiger partial charge on any atom is 0.238 e. The molecule has 5 nitrogen and oxygen atoms in total. The number of nitrogens with zero attached hydrogens (tertiary/aromatic N) is 1. The number of hydrogen-bond donors (Lipinski definition) is 3. The first-order valence-electron chi connectivity index (χ1n) is 7.36. The van der Waals surface area contributed by atoms with Crippen LogP contribution in [-0.4, -0.2) is 29.5 Å². The van der Waals surface area contributed by atoms with E-state index in [-0.39, 0.29) is 5.91 Å². The minimum absolute atomic E-state index is 0.0475. The number of imidazole rings is 1. The first kappa shape index (κ1) is 15.6. The predicted octanol–water partition coefficient (Wildman–Crippen LogP) is 3.01. The molecule has 0 unspecified atom stereocenters. The van der Waals surface area contributed by atoms with Crippen molar-refractivity contribution in [3.05, 3.63) is 54.1 Å². The van der Waals surface area contributed by atoms with Crippen molar-refractivity contribution in [1.29, 1.82) is 0 Å². The number of carbonyl (C=O) groups excluding carboxylic acids is 1. The fourth-order valence-electron chi connectivity index (χ4n) is 2.27. The van der Waals surface area contributed by atoms with E-state index in [4.69, 9.17) is 0 Å². The van der Waals surface area contributed by atoms with Crippen molar-refractivity contribution in [2.75, 3.05) is 18.9 Å². The highest BCUT2D eigenvalue weighted by atomic mass is 32.2. The molecule has 6 heteroatoms. The summed E-state index contributed by atoms with van der Waals surface area (Å²) in [5.74, 6) is 0.684. The molecular formula is C17H18N4OS. The molecule has 23 heavy (non-hydrogen) atoms. The number of hydrogen-bond acceptors (Lipinski definition) is 4. The second kappa shape index (κ2) is 7.30. The number of aromatic nitrogens is 2. The second-order valence-corrected chi connectivity index (χ2v) is 6.05. The number of fused-ring (bicyclic) bond motifs is 1. The molecule has 1 heterocycles. The molecule has 0 aliphatic rings. The lowest BCUT2D eigenvalue weighted by molar-refractivity contribution is -0.115. The highest BCUT2D eigenvalue weighted by Crippen LogP contribution is 2.26. The molecule has 0 aliphatic heterocycles. The lowest BCUT2D eigenvalue weighted by Crippen LogP contribution is -2.25. The average Bonchev–Trinajstić information content (AvgIpc) is 2.97. The Kier molecular flexibility index (Phi) is 4.95. The zero-order chi connectivity index (χ0) is 16.1. The van der Waals surface area contributed by atoms with Crippen LogP contribution in [0.3, 0.4) is 0 Å². The van der Waals surface area contributed by atoms with Gasteiger partial charge in [-0.25, -0.2) is 4.98 Å². The number of likely N-dealkylation sites (N-methyl/N-ethyl adjacent to an activating group) is 1. The normalized spacial score (nSPS) is 10.8. The van der Waals surface area contributed by atoms with Gasteiger partial charge < -0.3 is 15.6 Å². The van der Waals surface area contributed by atoms with Crippen LogP contribution in [0.5, 0.6) is 0 Å². The molecule has 3 N–H and O–H groups in total. The summed E-state index contributed by atoms with van der Waals surface area (Å²) in [5, 5.41) is 6.65. The summed E-state index contributed by atoms with van der Waals surface area (Å²) in [6.45, 7) is 0.297. The van der Waals surface area contributed by atoms with E-state index in [1.165, 1.54) is 0 Å². The van der Waals surface area contributed by atoms with Gasteiger partial charge in [0.15, 0.2) is 5.16 Å². The number of carbonyl (C=O) groups is 1. The van der Waals surface area contributed by atoms with Crippen LogP contribution in [0.1, 0.15) is 5.56 Å². The number of para-hydroxylation sites is 3. The molecule has 2 aromatic carbocycles. The average molecular weight is 326 g/mol. The summed E-state index contributed by atoms with van der Waals surface area (Å²) in [4.78, 5) is 19.6. The van der Waals surface area contributed by atoms with E-state index in [1.54, 1.807) is 18.8 Å². The minimum atomic E-state index is -0.0475. The Bertz CT molecular complexity index is 782. The van der Waals surface area contributed by atoms with Crippen molar-refractivity contribution in [1.82, 2.24) is 15.3 Å². The van der Waals surface area contributed by atoms with Crippen LogP contribution in [0.2, 0.25) is 0 Å². The van der Waals surface area contributed by atoms with Crippen molar-refractivity contribution in [2.24, 2.45) is 0 Å². The quantitative estimate of drug-likeness (QED) is 0.609. The summed E-state index contributed by atoms with van der Waals surface area (Å²) in [5.41, 5.74) is 3.91. The van der Waals surface area contributed by atoms with E-state index in [2.05, 4.69) is 20.6 Å². The summed E-state index contributed by atoms with van der Waals surface area (Å²) in [6, 6.07) is 15.8. The van der Waals surface area contributed by atoms with E-state index in [0.29, 0.717) is 6.54 Å². The monoisotopic (exact) mass is 326 g/mol. The van der Waals surface area contributed by atoms with E-state index in [1.807, 2.05) is 48.5 Å². The van der Waals surface area contributed by atoms with Crippen LogP contribution in [-0.2, 0) is 10.5 Å². The molecule has 3 rings (SSSR count). The van der Waals surface area contributed by atoms with Crippen LogP contribution in [0.15, 0.2) is 53.7 Å². The molecule has 0 fully saturated rings. The Morgan fingerprint density at radius 2 is 1.96 bits per heavy atom. The number of anilines is 1. The van der Waals surface area contributed by atoms with Crippen LogP contribution in [0.4, 0.5) is 5.69 Å². The van der Waals surface area contributed by atoms with Crippen molar-refractivity contribution in [3.8, 4) is 0 Å². The van der Waals surface area contributed by atoms with E-state index >= 15 is 0 Å². The van der Waals surface area contributed by atoms with Gasteiger partial charge in [0.1, 0.15) is 0 Å². The Morgan fingerprint density at radius 3 is 2.78 bits per heavy atom. The van der Waals surface area contributed by atoms with Crippen LogP contribution < -0.4 is 10.6 Å². The molecule has 1 amide bonds. The standard InChI is InChI=1S/C17H18N4OS/c1-18-10-16(22)19-13-7-3-2-6-12(13)11-23-17-20-14-8-4-5-9-15(14)21-17/h2-9,18H,10-11H2,1H3,(H,19,22)(H,20,21). The molecule has 1 aromatic heterocycles. The maximum absolute atomic E-state index is 11.8. The second-order valence-electron chi connectivity index (χ2n) is 5.08. The number of aromatic amines is 1. The Morgan fingerprint density at radius 1 is 1.17 bits per heavy atom. The van der Waals surface area contributed by atoms with Gasteiger partial charge in [-0.1, -0.05) is 42.1 Å². The highest BCUT2D eigenvalue weighted by Gasteiger charge is 2.08. The zero-order valence-electron chi connectivity index (χ0n) is 12.8. The first-order chi connectivity index (χ1) is 11.3. The molecule has 0 atom stereocenters. The maximum atomic E-state index is 11.8. The third kappa shape index (κ3) is 3.91. The van der Waals surface area contributed by atoms with Crippen molar-refractivity contribution in [2.45, 2.75) is 10.9 Å². The highest BCUT2D eigenvalue weighted by molar-refractivity contribution is 7.98. The Labute approximate surface area is 138 Å². The molecule has 0 spiro atoms. The number of benzene rings is 2. The van der Waals surface area contributed by atoms with Gasteiger partial charge in [0.25, 0.3) is 0 Å². The number of thioether (sulfide) groups is 1. The molecular weight excluding hydrogens is 308 g/mol. The minimum Gasteiger partial charge on any atom is -0.333 e. The van der Waals surface area contributed by atoms with Crippen molar-refractivity contribution < 1.29 is 4.79 Å². The first-order valence-corrected chi connectivity index (χ1v) is 8.35. The number of H-pyrrole nitrogens is 1. The third-order valence-corrected chi connectivity index (χ3v) is 4.28. The molecule has 118 valence electrons. The number of amides is 1. The molecule has 0 saturated heterocycles. The van der Waals surface area contributed by atoms with Crippen LogP contribution >= 0.6 is 11.8 Å². The van der Waals surface area contributed by atoms with Gasteiger partial charge in [-0.15, -0.1) is 0 Å². The topological polar surface area (TPSA) is 69.8 Å². The van der Waals surface area contributed by atoms with Gasteiger partial charge in [0, 0.05) is 11.4 Å². The summed E-state index contributed by atoms with van der Waals surface area (Å²) in [6.07, 6.45) is 0. The smallest absolute Gasteiger partial charge is 0.238 e. The SMILES string of the molecule is CNCC(=O)Nc1ccccc1CSc1nc2ccccc2[nH]1. The van der Waals surface area contributed by atoms with Gasteiger partial charge in [-0.2, -0.15) is 0 Å². The lowest BCUT2D eigenvalue weighted by atomic mass is 10.2. The van der Waals surface area contributed by atoms with Gasteiger partial charge in [0.05, 0.1) is 17.6 Å². The van der Waals surface area contributed by atoms with Gasteiger partial charge in [0.2, 0.25) is 5.91 Å². The Balaban J connectivity index is 1.71. The summed E-state index contributed by atoms with van der Waals surface area (Å²) >= 11 is 1.62. The molecule has 0 bridgehead atoms. The van der Waals surface area contributed by atoms with Gasteiger partial charge >= 0.3 is 0 Å². The summed E-state index contributed by atoms with van der Waals surface area (Å²) in [7, 11) is 1.75. The molecule has 0 aliphatic carbocycles. The van der Waals surface area contributed by atoms with Crippen molar-refractivity contribution in [3.63, 3.8) is 0 Å². The number of rotatable bonds is 6. The van der Waals surface area contributed by atoms with Gasteiger partial charge in [-0.3, -0.25) is 4.79 Å².